The van der Waals surface area contributed by atoms with E-state index in [1.54, 1.807) is 7.11 Å². The quantitative estimate of drug-likeness (QED) is 0.897. The molecule has 0 amide bonds. The highest BCUT2D eigenvalue weighted by atomic mass is 16.5. The minimum atomic E-state index is 0.0885. The van der Waals surface area contributed by atoms with Gasteiger partial charge in [-0.15, -0.1) is 0 Å². The van der Waals surface area contributed by atoms with E-state index >= 15 is 0 Å². The summed E-state index contributed by atoms with van der Waals surface area (Å²) in [5.41, 5.74) is 1.96. The number of benzene rings is 1. The molecule has 1 atom stereocenters. The van der Waals surface area contributed by atoms with Crippen molar-refractivity contribution in [3.05, 3.63) is 36.0 Å². The summed E-state index contributed by atoms with van der Waals surface area (Å²) < 4.78 is 11.1. The van der Waals surface area contributed by atoms with Crippen LogP contribution in [0.3, 0.4) is 0 Å². The molecule has 1 aliphatic heterocycles. The normalized spacial score (nSPS) is 20.2. The summed E-state index contributed by atoms with van der Waals surface area (Å²) in [5, 5.41) is 4.45. The molecule has 1 unspecified atom stereocenters. The highest BCUT2D eigenvalue weighted by Gasteiger charge is 2.16. The fourth-order valence-electron chi connectivity index (χ4n) is 2.37. The molecule has 1 saturated heterocycles. The molecular weight excluding hydrogens is 240 g/mol. The second kappa shape index (κ2) is 5.55. The Balaban J connectivity index is 1.94. The van der Waals surface area contributed by atoms with E-state index in [2.05, 4.69) is 17.4 Å². The van der Waals surface area contributed by atoms with Gasteiger partial charge in [-0.05, 0) is 31.2 Å². The minimum Gasteiger partial charge on any atom is -0.497 e. The summed E-state index contributed by atoms with van der Waals surface area (Å²) in [6.07, 6.45) is 1.05. The summed E-state index contributed by atoms with van der Waals surface area (Å²) in [6.45, 7) is 2.63. The van der Waals surface area contributed by atoms with Crippen LogP contribution < -0.4 is 10.1 Å². The van der Waals surface area contributed by atoms with Crippen molar-refractivity contribution in [2.24, 2.45) is 0 Å². The van der Waals surface area contributed by atoms with Crippen molar-refractivity contribution >= 4 is 10.9 Å². The van der Waals surface area contributed by atoms with Crippen LogP contribution in [0.1, 0.15) is 18.2 Å². The van der Waals surface area contributed by atoms with Crippen molar-refractivity contribution in [3.8, 4) is 5.75 Å². The molecule has 1 aromatic heterocycles. The van der Waals surface area contributed by atoms with E-state index < -0.39 is 0 Å². The molecule has 19 heavy (non-hydrogen) atoms. The molecule has 4 heteroatoms. The molecule has 0 saturated carbocycles. The standard InChI is InChI=1S/C15H18N2O2/c1-18-12-4-2-11-3-5-13(17-14(11)10-12)15-6-7-16-8-9-19-15/h2-5,10,15-16H,6-9H2,1H3. The molecule has 3 rings (SSSR count). The number of ether oxygens (including phenoxy) is 2. The number of hydrogen-bond donors (Lipinski definition) is 1. The number of hydrogen-bond acceptors (Lipinski definition) is 4. The van der Waals surface area contributed by atoms with Gasteiger partial charge in [-0.3, -0.25) is 0 Å². The van der Waals surface area contributed by atoms with Crippen molar-refractivity contribution in [1.29, 1.82) is 0 Å². The molecule has 1 aromatic carbocycles. The van der Waals surface area contributed by atoms with Gasteiger partial charge in [0, 0.05) is 18.0 Å². The maximum Gasteiger partial charge on any atom is 0.121 e. The number of nitrogens with one attached hydrogen (secondary N) is 1. The molecule has 1 fully saturated rings. The lowest BCUT2D eigenvalue weighted by molar-refractivity contribution is 0.0616. The lowest BCUT2D eigenvalue weighted by Gasteiger charge is -2.14. The Kier molecular flexibility index (Phi) is 3.62. The van der Waals surface area contributed by atoms with Crippen molar-refractivity contribution in [3.63, 3.8) is 0 Å². The summed E-state index contributed by atoms with van der Waals surface area (Å²) >= 11 is 0. The predicted molar refractivity (Wildman–Crippen MR) is 74.5 cm³/mol. The van der Waals surface area contributed by atoms with Crippen molar-refractivity contribution in [1.82, 2.24) is 10.3 Å². The second-order valence-corrected chi connectivity index (χ2v) is 4.69. The molecule has 0 spiro atoms. The Labute approximate surface area is 112 Å². The van der Waals surface area contributed by atoms with Crippen LogP contribution in [0.5, 0.6) is 5.75 Å². The summed E-state index contributed by atoms with van der Waals surface area (Å²) in [6, 6.07) is 10.1. The van der Waals surface area contributed by atoms with E-state index in [0.29, 0.717) is 0 Å². The van der Waals surface area contributed by atoms with Crippen molar-refractivity contribution in [2.45, 2.75) is 12.5 Å². The average molecular weight is 258 g/mol. The van der Waals surface area contributed by atoms with E-state index in [0.717, 1.165) is 48.5 Å². The first-order valence-electron chi connectivity index (χ1n) is 6.64. The zero-order valence-electron chi connectivity index (χ0n) is 11.1. The van der Waals surface area contributed by atoms with E-state index in [1.165, 1.54) is 0 Å². The third-order valence-electron chi connectivity index (χ3n) is 3.43. The number of fused-ring (bicyclic) bond motifs is 1. The highest BCUT2D eigenvalue weighted by Crippen LogP contribution is 2.25. The van der Waals surface area contributed by atoms with Crippen LogP contribution in [-0.4, -0.2) is 31.8 Å². The average Bonchev–Trinajstić information content (AvgIpc) is 2.75. The first kappa shape index (κ1) is 12.4. The SMILES string of the molecule is COc1ccc2ccc(C3CCNCCO3)nc2c1. The Morgan fingerprint density at radius 1 is 1.26 bits per heavy atom. The summed E-state index contributed by atoms with van der Waals surface area (Å²) in [4.78, 5) is 4.72. The molecular formula is C15H18N2O2. The van der Waals surface area contributed by atoms with Gasteiger partial charge in [0.25, 0.3) is 0 Å². The van der Waals surface area contributed by atoms with Gasteiger partial charge in [0.05, 0.1) is 24.9 Å². The predicted octanol–water partition coefficient (Wildman–Crippen LogP) is 2.29. The van der Waals surface area contributed by atoms with E-state index in [4.69, 9.17) is 14.5 Å². The lowest BCUT2D eigenvalue weighted by atomic mass is 10.1. The highest BCUT2D eigenvalue weighted by molar-refractivity contribution is 5.80. The summed E-state index contributed by atoms with van der Waals surface area (Å²) in [5.74, 6) is 0.834. The molecule has 0 radical (unpaired) electrons. The molecule has 0 aliphatic carbocycles. The fraction of sp³-hybridized carbons (Fsp3) is 0.400. The van der Waals surface area contributed by atoms with Crippen molar-refractivity contribution < 1.29 is 9.47 Å². The maximum absolute atomic E-state index is 5.84. The molecule has 2 aromatic rings. The van der Waals surface area contributed by atoms with Gasteiger partial charge in [-0.25, -0.2) is 4.98 Å². The van der Waals surface area contributed by atoms with E-state index in [9.17, 15) is 0 Å². The van der Waals surface area contributed by atoms with Gasteiger partial charge < -0.3 is 14.8 Å². The second-order valence-electron chi connectivity index (χ2n) is 4.69. The molecule has 1 aliphatic rings. The topological polar surface area (TPSA) is 43.4 Å². The molecule has 4 nitrogen and oxygen atoms in total. The first-order chi connectivity index (χ1) is 9.36. The van der Waals surface area contributed by atoms with Gasteiger partial charge >= 0.3 is 0 Å². The maximum atomic E-state index is 5.84. The van der Waals surface area contributed by atoms with Gasteiger partial charge in [0.15, 0.2) is 0 Å². The van der Waals surface area contributed by atoms with Crippen LogP contribution in [0, 0.1) is 0 Å². The first-order valence-corrected chi connectivity index (χ1v) is 6.64. The summed E-state index contributed by atoms with van der Waals surface area (Å²) in [7, 11) is 1.67. The Morgan fingerprint density at radius 2 is 2.16 bits per heavy atom. The largest absolute Gasteiger partial charge is 0.497 e. The van der Waals surface area contributed by atoms with Crippen LogP contribution >= 0.6 is 0 Å². The van der Waals surface area contributed by atoms with Gasteiger partial charge in [0.1, 0.15) is 11.9 Å². The Hall–Kier alpha value is -1.65. The fourth-order valence-corrected chi connectivity index (χ4v) is 2.37. The number of nitrogens with zero attached hydrogens (tertiary/aromatic N) is 1. The van der Waals surface area contributed by atoms with Crippen molar-refractivity contribution in [2.75, 3.05) is 26.8 Å². The number of pyridine rings is 1. The van der Waals surface area contributed by atoms with Crippen LogP contribution in [-0.2, 0) is 4.74 Å². The van der Waals surface area contributed by atoms with Gasteiger partial charge in [0.2, 0.25) is 0 Å². The van der Waals surface area contributed by atoms with E-state index in [1.807, 2.05) is 18.2 Å². The molecule has 100 valence electrons. The Bertz CT molecular complexity index is 563. The van der Waals surface area contributed by atoms with Crippen LogP contribution in [0.4, 0.5) is 0 Å². The van der Waals surface area contributed by atoms with Crippen LogP contribution in [0.25, 0.3) is 10.9 Å². The van der Waals surface area contributed by atoms with Crippen LogP contribution in [0.15, 0.2) is 30.3 Å². The minimum absolute atomic E-state index is 0.0885. The zero-order chi connectivity index (χ0) is 13.1. The third-order valence-corrected chi connectivity index (χ3v) is 3.43. The Morgan fingerprint density at radius 3 is 3.05 bits per heavy atom. The smallest absolute Gasteiger partial charge is 0.121 e. The zero-order valence-corrected chi connectivity index (χ0v) is 11.1. The van der Waals surface area contributed by atoms with Gasteiger partial charge in [-0.2, -0.15) is 0 Å². The number of rotatable bonds is 2. The lowest BCUT2D eigenvalue weighted by Crippen LogP contribution is -2.16. The number of aromatic nitrogens is 1. The van der Waals surface area contributed by atoms with E-state index in [-0.39, 0.29) is 6.10 Å². The third kappa shape index (κ3) is 2.69. The molecule has 0 bridgehead atoms. The van der Waals surface area contributed by atoms with Crippen LogP contribution in [0.2, 0.25) is 0 Å². The molecule has 2 heterocycles. The van der Waals surface area contributed by atoms with Gasteiger partial charge in [-0.1, -0.05) is 6.07 Å². The monoisotopic (exact) mass is 258 g/mol. The molecule has 1 N–H and O–H groups in total. The number of methoxy groups -OCH3 is 1.